The zero-order valence-corrected chi connectivity index (χ0v) is 11.9. The van der Waals surface area contributed by atoms with Crippen LogP contribution in [0.1, 0.15) is 10.5 Å². The molecule has 2 fully saturated rings. The highest BCUT2D eigenvalue weighted by atomic mass is 16.5. The molecule has 3 heterocycles. The van der Waals surface area contributed by atoms with Gasteiger partial charge in [0.1, 0.15) is 12.3 Å². The first-order chi connectivity index (χ1) is 10.2. The number of rotatable bonds is 3. The molecule has 1 aromatic rings. The van der Waals surface area contributed by atoms with Crippen molar-refractivity contribution in [2.45, 2.75) is 0 Å². The molecule has 0 radical (unpaired) electrons. The molecule has 0 N–H and O–H groups in total. The minimum Gasteiger partial charge on any atom is -0.375 e. The Labute approximate surface area is 122 Å². The van der Waals surface area contributed by atoms with Gasteiger partial charge >= 0.3 is 0 Å². The highest BCUT2D eigenvalue weighted by Crippen LogP contribution is 2.31. The van der Waals surface area contributed by atoms with Gasteiger partial charge in [-0.05, 0) is 0 Å². The predicted octanol–water partition coefficient (Wildman–Crippen LogP) is -0.347. The normalized spacial score (nSPS) is 24.2. The molecule has 21 heavy (non-hydrogen) atoms. The largest absolute Gasteiger partial charge is 0.375 e. The van der Waals surface area contributed by atoms with E-state index in [0.29, 0.717) is 43.7 Å². The number of hydrogen-bond donors (Lipinski definition) is 0. The Morgan fingerprint density at radius 2 is 1.86 bits per heavy atom. The molecule has 2 aliphatic rings. The van der Waals surface area contributed by atoms with Crippen LogP contribution < -0.4 is 0 Å². The number of hydrogen-bond acceptors (Lipinski definition) is 5. The molecule has 7 nitrogen and oxygen atoms in total. The maximum atomic E-state index is 12.3. The minimum absolute atomic E-state index is 0.0266. The SMILES string of the molecule is COCC(=O)N1C[C@H]2CN(C(=O)c3cnccn3)C[C@@H]2C1. The molecule has 2 saturated heterocycles. The molecule has 2 atom stereocenters. The molecule has 3 rings (SSSR count). The summed E-state index contributed by atoms with van der Waals surface area (Å²) in [6.07, 6.45) is 4.56. The second kappa shape index (κ2) is 5.77. The third-order valence-corrected chi connectivity index (χ3v) is 4.18. The lowest BCUT2D eigenvalue weighted by atomic mass is 10.0. The van der Waals surface area contributed by atoms with E-state index in [2.05, 4.69) is 9.97 Å². The monoisotopic (exact) mass is 290 g/mol. The van der Waals surface area contributed by atoms with Gasteiger partial charge in [-0.1, -0.05) is 0 Å². The first-order valence-corrected chi connectivity index (χ1v) is 7.01. The van der Waals surface area contributed by atoms with E-state index in [-0.39, 0.29) is 18.4 Å². The smallest absolute Gasteiger partial charge is 0.274 e. The summed E-state index contributed by atoms with van der Waals surface area (Å²) in [5.74, 6) is 0.656. The van der Waals surface area contributed by atoms with Crippen molar-refractivity contribution in [2.75, 3.05) is 39.9 Å². The Kier molecular flexibility index (Phi) is 3.83. The quantitative estimate of drug-likeness (QED) is 0.761. The summed E-state index contributed by atoms with van der Waals surface area (Å²) in [5.41, 5.74) is 0.379. The van der Waals surface area contributed by atoms with Crippen molar-refractivity contribution in [3.8, 4) is 0 Å². The van der Waals surface area contributed by atoms with Crippen LogP contribution in [0.5, 0.6) is 0 Å². The van der Waals surface area contributed by atoms with E-state index in [1.807, 2.05) is 9.80 Å². The number of aromatic nitrogens is 2. The van der Waals surface area contributed by atoms with Gasteiger partial charge in [0.2, 0.25) is 5.91 Å². The standard InChI is InChI=1S/C14H18N4O3/c1-21-9-13(19)17-5-10-7-18(8-11(10)6-17)14(20)12-4-15-2-3-16-12/h2-4,10-11H,5-9H2,1H3/t10-,11-/m0/s1. The average Bonchev–Trinajstić information content (AvgIpc) is 3.06. The second-order valence-electron chi connectivity index (χ2n) is 5.55. The molecule has 2 amide bonds. The van der Waals surface area contributed by atoms with E-state index in [0.717, 1.165) is 0 Å². The fraction of sp³-hybridized carbons (Fsp3) is 0.571. The van der Waals surface area contributed by atoms with Crippen molar-refractivity contribution in [1.29, 1.82) is 0 Å². The van der Waals surface area contributed by atoms with Crippen LogP contribution in [-0.2, 0) is 9.53 Å². The van der Waals surface area contributed by atoms with E-state index in [1.54, 1.807) is 6.20 Å². The van der Waals surface area contributed by atoms with Crippen LogP contribution in [0.15, 0.2) is 18.6 Å². The van der Waals surface area contributed by atoms with Crippen LogP contribution in [0.2, 0.25) is 0 Å². The molecule has 0 spiro atoms. The Morgan fingerprint density at radius 1 is 1.19 bits per heavy atom. The van der Waals surface area contributed by atoms with Gasteiger partial charge in [-0.3, -0.25) is 14.6 Å². The van der Waals surface area contributed by atoms with Crippen LogP contribution >= 0.6 is 0 Å². The fourth-order valence-corrected chi connectivity index (χ4v) is 3.15. The zero-order valence-electron chi connectivity index (χ0n) is 11.9. The van der Waals surface area contributed by atoms with Crippen LogP contribution in [0.25, 0.3) is 0 Å². The summed E-state index contributed by atoms with van der Waals surface area (Å²) < 4.78 is 4.88. The number of carbonyl (C=O) groups excluding carboxylic acids is 2. The first kappa shape index (κ1) is 13.9. The number of methoxy groups -OCH3 is 1. The van der Waals surface area contributed by atoms with E-state index in [1.165, 1.54) is 19.5 Å². The molecule has 1 aromatic heterocycles. The number of fused-ring (bicyclic) bond motifs is 1. The summed E-state index contributed by atoms with van der Waals surface area (Å²) in [6, 6.07) is 0. The van der Waals surface area contributed by atoms with E-state index >= 15 is 0 Å². The Hall–Kier alpha value is -2.02. The van der Waals surface area contributed by atoms with Crippen LogP contribution in [0.3, 0.4) is 0 Å². The number of likely N-dealkylation sites (tertiary alicyclic amines) is 2. The summed E-state index contributed by atoms with van der Waals surface area (Å²) in [7, 11) is 1.52. The summed E-state index contributed by atoms with van der Waals surface area (Å²) in [4.78, 5) is 35.8. The first-order valence-electron chi connectivity index (χ1n) is 7.01. The average molecular weight is 290 g/mol. The number of amides is 2. The van der Waals surface area contributed by atoms with Gasteiger partial charge < -0.3 is 14.5 Å². The van der Waals surface area contributed by atoms with Crippen molar-refractivity contribution in [3.63, 3.8) is 0 Å². The predicted molar refractivity (Wildman–Crippen MR) is 73.4 cm³/mol. The Morgan fingerprint density at radius 3 is 2.43 bits per heavy atom. The highest BCUT2D eigenvalue weighted by molar-refractivity contribution is 5.92. The van der Waals surface area contributed by atoms with Gasteiger partial charge in [0.15, 0.2) is 0 Å². The van der Waals surface area contributed by atoms with Crippen LogP contribution in [0, 0.1) is 11.8 Å². The molecule has 2 aliphatic heterocycles. The number of ether oxygens (including phenoxy) is 1. The third kappa shape index (κ3) is 2.73. The number of nitrogens with zero attached hydrogens (tertiary/aromatic N) is 4. The van der Waals surface area contributed by atoms with E-state index < -0.39 is 0 Å². The molecular weight excluding hydrogens is 272 g/mol. The summed E-state index contributed by atoms with van der Waals surface area (Å²) in [5, 5.41) is 0. The van der Waals surface area contributed by atoms with Crippen molar-refractivity contribution in [2.24, 2.45) is 11.8 Å². The molecule has 0 saturated carbocycles. The molecule has 0 aromatic carbocycles. The summed E-state index contributed by atoms with van der Waals surface area (Å²) in [6.45, 7) is 2.89. The molecule has 0 aliphatic carbocycles. The molecule has 0 unspecified atom stereocenters. The third-order valence-electron chi connectivity index (χ3n) is 4.18. The maximum absolute atomic E-state index is 12.3. The van der Waals surface area contributed by atoms with Gasteiger partial charge in [-0.15, -0.1) is 0 Å². The highest BCUT2D eigenvalue weighted by Gasteiger charge is 2.43. The topological polar surface area (TPSA) is 75.6 Å². The Bertz CT molecular complexity index is 522. The lowest BCUT2D eigenvalue weighted by molar-refractivity contribution is -0.134. The Balaban J connectivity index is 1.59. The van der Waals surface area contributed by atoms with Crippen LogP contribution in [-0.4, -0.2) is 71.5 Å². The van der Waals surface area contributed by atoms with Gasteiger partial charge in [0.25, 0.3) is 5.91 Å². The summed E-state index contributed by atoms with van der Waals surface area (Å²) >= 11 is 0. The molecular formula is C14H18N4O3. The van der Waals surface area contributed by atoms with Gasteiger partial charge in [0, 0.05) is 57.5 Å². The fourth-order valence-electron chi connectivity index (χ4n) is 3.15. The molecule has 7 heteroatoms. The lowest BCUT2D eigenvalue weighted by Gasteiger charge is -2.21. The van der Waals surface area contributed by atoms with Crippen molar-refractivity contribution in [1.82, 2.24) is 19.8 Å². The molecule has 112 valence electrons. The van der Waals surface area contributed by atoms with Gasteiger partial charge in [-0.25, -0.2) is 4.98 Å². The van der Waals surface area contributed by atoms with Crippen molar-refractivity contribution < 1.29 is 14.3 Å². The molecule has 0 bridgehead atoms. The van der Waals surface area contributed by atoms with Crippen molar-refractivity contribution >= 4 is 11.8 Å². The van der Waals surface area contributed by atoms with E-state index in [9.17, 15) is 9.59 Å². The zero-order chi connectivity index (χ0) is 14.8. The van der Waals surface area contributed by atoms with Crippen molar-refractivity contribution in [3.05, 3.63) is 24.3 Å². The van der Waals surface area contributed by atoms with Crippen LogP contribution in [0.4, 0.5) is 0 Å². The number of carbonyl (C=O) groups is 2. The van der Waals surface area contributed by atoms with Gasteiger partial charge in [-0.2, -0.15) is 0 Å². The van der Waals surface area contributed by atoms with Gasteiger partial charge in [0.05, 0.1) is 6.20 Å². The lowest BCUT2D eigenvalue weighted by Crippen LogP contribution is -2.37. The second-order valence-corrected chi connectivity index (χ2v) is 5.55. The minimum atomic E-state index is -0.0766. The maximum Gasteiger partial charge on any atom is 0.274 e. The van der Waals surface area contributed by atoms with E-state index in [4.69, 9.17) is 4.74 Å².